The van der Waals surface area contributed by atoms with Gasteiger partial charge in [0.05, 0.1) is 11.3 Å². The molecule has 0 radical (unpaired) electrons. The molecule has 20 heavy (non-hydrogen) atoms. The van der Waals surface area contributed by atoms with Crippen LogP contribution in [0.1, 0.15) is 33.3 Å². The fourth-order valence-corrected chi connectivity index (χ4v) is 1.82. The van der Waals surface area contributed by atoms with Crippen molar-refractivity contribution in [3.63, 3.8) is 0 Å². The number of benzene rings is 1. The lowest BCUT2D eigenvalue weighted by molar-refractivity contribution is -0.142. The Morgan fingerprint density at radius 1 is 1.25 bits per heavy atom. The molecule has 0 saturated carbocycles. The number of carbonyl (C=O) groups excluding carboxylic acids is 1. The van der Waals surface area contributed by atoms with Crippen molar-refractivity contribution < 1.29 is 19.1 Å². The van der Waals surface area contributed by atoms with Crippen molar-refractivity contribution in [2.75, 3.05) is 0 Å². The zero-order chi connectivity index (χ0) is 15.5. The van der Waals surface area contributed by atoms with Crippen molar-refractivity contribution in [1.29, 1.82) is 0 Å². The van der Waals surface area contributed by atoms with Crippen LogP contribution in [0.2, 0.25) is 0 Å². The molecule has 0 heterocycles. The minimum Gasteiger partial charge on any atom is -0.481 e. The third-order valence-corrected chi connectivity index (χ3v) is 3.61. The van der Waals surface area contributed by atoms with Crippen LogP contribution in [-0.4, -0.2) is 23.0 Å². The van der Waals surface area contributed by atoms with Crippen molar-refractivity contribution >= 4 is 11.9 Å². The van der Waals surface area contributed by atoms with Gasteiger partial charge in [0.25, 0.3) is 0 Å². The first kappa shape index (κ1) is 16.1. The lowest BCUT2D eigenvalue weighted by atomic mass is 9.83. The van der Waals surface area contributed by atoms with Gasteiger partial charge in [-0.25, -0.2) is 4.39 Å². The van der Waals surface area contributed by atoms with Crippen LogP contribution in [0.15, 0.2) is 24.3 Å². The van der Waals surface area contributed by atoms with Crippen LogP contribution in [0, 0.1) is 11.7 Å². The van der Waals surface area contributed by atoms with Crippen molar-refractivity contribution in [3.8, 4) is 0 Å². The maximum Gasteiger partial charge on any atom is 0.308 e. The van der Waals surface area contributed by atoms with E-state index in [1.54, 1.807) is 39.0 Å². The molecule has 2 N–H and O–H groups in total. The highest BCUT2D eigenvalue weighted by molar-refractivity contribution is 5.88. The summed E-state index contributed by atoms with van der Waals surface area (Å²) in [6, 6.07) is 5.54. The predicted molar refractivity (Wildman–Crippen MR) is 73.8 cm³/mol. The summed E-state index contributed by atoms with van der Waals surface area (Å²) in [4.78, 5) is 23.2. The molecule has 0 bridgehead atoms. The van der Waals surface area contributed by atoms with Crippen molar-refractivity contribution in [3.05, 3.63) is 35.6 Å². The highest BCUT2D eigenvalue weighted by atomic mass is 19.1. The average molecular weight is 281 g/mol. The molecule has 1 aromatic carbocycles. The minimum absolute atomic E-state index is 0.285. The van der Waals surface area contributed by atoms with Crippen molar-refractivity contribution in [2.24, 2.45) is 5.92 Å². The number of nitrogens with one attached hydrogen (secondary N) is 1. The van der Waals surface area contributed by atoms with E-state index in [1.165, 1.54) is 13.0 Å². The fraction of sp³-hybridized carbons (Fsp3) is 0.467. The molecule has 2 unspecified atom stereocenters. The molecule has 0 aliphatic heterocycles. The van der Waals surface area contributed by atoms with E-state index in [1.807, 2.05) is 0 Å². The first-order valence-corrected chi connectivity index (χ1v) is 6.46. The molecule has 0 aliphatic rings. The quantitative estimate of drug-likeness (QED) is 0.870. The summed E-state index contributed by atoms with van der Waals surface area (Å²) in [6.45, 7) is 6.36. The van der Waals surface area contributed by atoms with E-state index in [9.17, 15) is 14.0 Å². The van der Waals surface area contributed by atoms with Gasteiger partial charge in [-0.2, -0.15) is 0 Å². The van der Waals surface area contributed by atoms with E-state index in [-0.39, 0.29) is 5.56 Å². The summed E-state index contributed by atoms with van der Waals surface area (Å²) in [7, 11) is 0. The summed E-state index contributed by atoms with van der Waals surface area (Å²) in [5, 5.41) is 11.6. The summed E-state index contributed by atoms with van der Waals surface area (Å²) in [5.41, 5.74) is -0.787. The smallest absolute Gasteiger partial charge is 0.308 e. The van der Waals surface area contributed by atoms with Gasteiger partial charge < -0.3 is 10.4 Å². The van der Waals surface area contributed by atoms with Crippen LogP contribution >= 0.6 is 0 Å². The second kappa shape index (κ2) is 6.03. The van der Waals surface area contributed by atoms with Gasteiger partial charge in [0.2, 0.25) is 5.91 Å². The Hall–Kier alpha value is -1.91. The highest BCUT2D eigenvalue weighted by Gasteiger charge is 2.34. The van der Waals surface area contributed by atoms with Gasteiger partial charge in [0.15, 0.2) is 0 Å². The molecule has 0 saturated heterocycles. The molecule has 1 aromatic rings. The molecule has 5 heteroatoms. The van der Waals surface area contributed by atoms with E-state index in [2.05, 4.69) is 5.32 Å². The predicted octanol–water partition coefficient (Wildman–Crippen LogP) is 2.33. The maximum atomic E-state index is 13.8. The minimum atomic E-state index is -1.07. The average Bonchev–Trinajstić information content (AvgIpc) is 2.37. The molecule has 0 aromatic heterocycles. The third-order valence-electron chi connectivity index (χ3n) is 3.61. The Bertz CT molecular complexity index is 514. The van der Waals surface area contributed by atoms with Gasteiger partial charge in [-0.1, -0.05) is 18.2 Å². The molecule has 4 nitrogen and oxygen atoms in total. The molecule has 0 spiro atoms. The molecule has 2 atom stereocenters. The standard InChI is InChI=1S/C15H20FNO3/c1-9(13(18)19)10(2)17-14(20)15(3,4)11-7-5-6-8-12(11)16/h5-10H,1-4H3,(H,17,20)(H,18,19). The second-order valence-corrected chi connectivity index (χ2v) is 5.49. The van der Waals surface area contributed by atoms with E-state index < -0.39 is 35.1 Å². The van der Waals surface area contributed by atoms with Gasteiger partial charge in [0, 0.05) is 11.6 Å². The van der Waals surface area contributed by atoms with Crippen LogP contribution in [0.3, 0.4) is 0 Å². The molecule has 0 fully saturated rings. The van der Waals surface area contributed by atoms with Gasteiger partial charge in [-0.05, 0) is 33.8 Å². The van der Waals surface area contributed by atoms with Crippen molar-refractivity contribution in [1.82, 2.24) is 5.32 Å². The number of hydrogen-bond acceptors (Lipinski definition) is 2. The Kier molecular flexibility index (Phi) is 4.87. The number of hydrogen-bond donors (Lipinski definition) is 2. The first-order valence-electron chi connectivity index (χ1n) is 6.46. The number of carboxylic acid groups (broad SMARTS) is 1. The number of rotatable bonds is 5. The Labute approximate surface area is 118 Å². The topological polar surface area (TPSA) is 66.4 Å². The number of carboxylic acids is 1. The van der Waals surface area contributed by atoms with Gasteiger partial charge in [-0.3, -0.25) is 9.59 Å². The van der Waals surface area contributed by atoms with Gasteiger partial charge in [-0.15, -0.1) is 0 Å². The van der Waals surface area contributed by atoms with Gasteiger partial charge >= 0.3 is 5.97 Å². The molecule has 1 amide bonds. The lowest BCUT2D eigenvalue weighted by Crippen LogP contribution is -2.47. The maximum absolute atomic E-state index is 13.8. The van der Waals surface area contributed by atoms with Crippen LogP contribution in [0.4, 0.5) is 4.39 Å². The Morgan fingerprint density at radius 2 is 1.80 bits per heavy atom. The van der Waals surface area contributed by atoms with Crippen LogP contribution in [0.25, 0.3) is 0 Å². The number of halogens is 1. The summed E-state index contributed by atoms with van der Waals surface area (Å²) in [6.07, 6.45) is 0. The van der Waals surface area contributed by atoms with Crippen LogP contribution in [-0.2, 0) is 15.0 Å². The molecule has 0 aliphatic carbocycles. The number of aliphatic carboxylic acids is 1. The fourth-order valence-electron chi connectivity index (χ4n) is 1.82. The highest BCUT2D eigenvalue weighted by Crippen LogP contribution is 2.26. The summed E-state index contributed by atoms with van der Waals surface area (Å²) in [5.74, 6) is -2.55. The van der Waals surface area contributed by atoms with E-state index >= 15 is 0 Å². The third kappa shape index (κ3) is 3.35. The largest absolute Gasteiger partial charge is 0.481 e. The summed E-state index contributed by atoms with van der Waals surface area (Å²) >= 11 is 0. The molecular weight excluding hydrogens is 261 g/mol. The Balaban J connectivity index is 2.91. The number of carbonyl (C=O) groups is 2. The number of amides is 1. The second-order valence-electron chi connectivity index (χ2n) is 5.49. The zero-order valence-corrected chi connectivity index (χ0v) is 12.1. The van der Waals surface area contributed by atoms with Crippen LogP contribution < -0.4 is 5.32 Å². The first-order chi connectivity index (χ1) is 9.17. The SMILES string of the molecule is CC(NC(=O)C(C)(C)c1ccccc1F)C(C)C(=O)O. The molecular formula is C15H20FNO3. The van der Waals surface area contributed by atoms with E-state index in [0.717, 1.165) is 0 Å². The van der Waals surface area contributed by atoms with Gasteiger partial charge in [0.1, 0.15) is 5.82 Å². The normalized spacial score (nSPS) is 14.4. The zero-order valence-electron chi connectivity index (χ0n) is 12.1. The van der Waals surface area contributed by atoms with E-state index in [0.29, 0.717) is 0 Å². The molecule has 110 valence electrons. The Morgan fingerprint density at radius 3 is 2.30 bits per heavy atom. The molecule has 1 rings (SSSR count). The van der Waals surface area contributed by atoms with E-state index in [4.69, 9.17) is 5.11 Å². The van der Waals surface area contributed by atoms with Crippen molar-refractivity contribution in [2.45, 2.75) is 39.2 Å². The van der Waals surface area contributed by atoms with Crippen LogP contribution in [0.5, 0.6) is 0 Å². The summed E-state index contributed by atoms with van der Waals surface area (Å²) < 4.78 is 13.8. The monoisotopic (exact) mass is 281 g/mol. The lowest BCUT2D eigenvalue weighted by Gasteiger charge is -2.28.